The molecular weight excluding hydrogens is 339 g/mol. The van der Waals surface area contributed by atoms with Gasteiger partial charge in [-0.25, -0.2) is 9.37 Å². The minimum Gasteiger partial charge on any atom is -0.431 e. The van der Waals surface area contributed by atoms with Crippen LogP contribution in [-0.4, -0.2) is 16.1 Å². The van der Waals surface area contributed by atoms with Crippen LogP contribution in [0.1, 0.15) is 12.5 Å². The number of nitrogens with zero attached hydrogens (tertiary/aromatic N) is 1. The van der Waals surface area contributed by atoms with Gasteiger partial charge in [-0.3, -0.25) is 4.79 Å². The number of thioether (sulfide) groups is 1. The van der Waals surface area contributed by atoms with Crippen LogP contribution in [0.15, 0.2) is 70.4 Å². The van der Waals surface area contributed by atoms with Gasteiger partial charge in [-0.05, 0) is 24.6 Å². The van der Waals surface area contributed by atoms with Crippen molar-refractivity contribution in [1.82, 2.24) is 10.3 Å². The molecule has 0 fully saturated rings. The Labute approximate surface area is 149 Å². The Hall–Kier alpha value is -2.60. The number of hydrogen-bond donors (Lipinski definition) is 1. The van der Waals surface area contributed by atoms with E-state index in [1.165, 1.54) is 23.9 Å². The molecule has 2 aromatic carbocycles. The predicted molar refractivity (Wildman–Crippen MR) is 95.5 cm³/mol. The molecule has 0 aliphatic rings. The third-order valence-corrected chi connectivity index (χ3v) is 4.53. The molecule has 1 heterocycles. The first-order valence-corrected chi connectivity index (χ1v) is 8.70. The number of rotatable bonds is 6. The molecule has 128 valence electrons. The number of halogens is 1. The lowest BCUT2D eigenvalue weighted by atomic mass is 10.2. The average molecular weight is 356 g/mol. The first-order valence-electron chi connectivity index (χ1n) is 7.82. The van der Waals surface area contributed by atoms with E-state index in [-0.39, 0.29) is 17.0 Å². The fraction of sp³-hybridized carbons (Fsp3) is 0.158. The van der Waals surface area contributed by atoms with Gasteiger partial charge < -0.3 is 9.73 Å². The summed E-state index contributed by atoms with van der Waals surface area (Å²) in [6.07, 6.45) is 1.65. The first kappa shape index (κ1) is 17.2. The van der Waals surface area contributed by atoms with Gasteiger partial charge in [0.2, 0.25) is 5.91 Å². The molecule has 0 saturated carbocycles. The normalized spacial score (nSPS) is 11.9. The van der Waals surface area contributed by atoms with Crippen LogP contribution in [-0.2, 0) is 11.3 Å². The van der Waals surface area contributed by atoms with Crippen molar-refractivity contribution in [2.24, 2.45) is 0 Å². The van der Waals surface area contributed by atoms with Crippen LogP contribution >= 0.6 is 11.8 Å². The fourth-order valence-corrected chi connectivity index (χ4v) is 2.93. The zero-order chi connectivity index (χ0) is 17.6. The van der Waals surface area contributed by atoms with Crippen LogP contribution in [0.25, 0.3) is 11.3 Å². The fourth-order valence-electron chi connectivity index (χ4n) is 2.19. The third-order valence-electron chi connectivity index (χ3n) is 3.57. The highest BCUT2D eigenvalue weighted by molar-refractivity contribution is 8.00. The molecule has 0 unspecified atom stereocenters. The molecule has 1 amide bonds. The van der Waals surface area contributed by atoms with E-state index in [1.54, 1.807) is 25.3 Å². The molecule has 0 bridgehead atoms. The standard InChI is InChI=1S/C19H17FN2O2S/c1-13(18(23)21-11-14-7-9-16(20)10-8-14)25-19-22-12-17(24-19)15-5-3-2-4-6-15/h2-10,12-13H,11H2,1H3,(H,21,23)/t13-/m0/s1. The van der Waals surface area contributed by atoms with Crippen molar-refractivity contribution in [3.63, 3.8) is 0 Å². The smallest absolute Gasteiger partial charge is 0.256 e. The summed E-state index contributed by atoms with van der Waals surface area (Å²) in [5, 5.41) is 2.91. The van der Waals surface area contributed by atoms with E-state index in [4.69, 9.17) is 4.42 Å². The summed E-state index contributed by atoms with van der Waals surface area (Å²) < 4.78 is 18.6. The Morgan fingerprint density at radius 3 is 2.64 bits per heavy atom. The zero-order valence-electron chi connectivity index (χ0n) is 13.6. The Morgan fingerprint density at radius 1 is 1.20 bits per heavy atom. The van der Waals surface area contributed by atoms with Gasteiger partial charge in [0.05, 0.1) is 11.4 Å². The Morgan fingerprint density at radius 2 is 1.92 bits per heavy atom. The lowest BCUT2D eigenvalue weighted by molar-refractivity contribution is -0.120. The van der Waals surface area contributed by atoms with Crippen molar-refractivity contribution in [2.45, 2.75) is 23.9 Å². The second kappa shape index (κ2) is 7.98. The van der Waals surface area contributed by atoms with Crippen molar-refractivity contribution >= 4 is 17.7 Å². The summed E-state index contributed by atoms with van der Waals surface area (Å²) in [6, 6.07) is 15.7. The zero-order valence-corrected chi connectivity index (χ0v) is 14.4. The quantitative estimate of drug-likeness (QED) is 0.670. The van der Waals surface area contributed by atoms with Gasteiger partial charge in [0, 0.05) is 12.1 Å². The van der Waals surface area contributed by atoms with Gasteiger partial charge in [0.1, 0.15) is 5.82 Å². The van der Waals surface area contributed by atoms with E-state index in [0.29, 0.717) is 17.5 Å². The van der Waals surface area contributed by atoms with Crippen LogP contribution in [0, 0.1) is 5.82 Å². The van der Waals surface area contributed by atoms with E-state index in [0.717, 1.165) is 11.1 Å². The second-order valence-electron chi connectivity index (χ2n) is 5.46. The molecule has 0 radical (unpaired) electrons. The maximum Gasteiger partial charge on any atom is 0.256 e. The first-order chi connectivity index (χ1) is 12.1. The van der Waals surface area contributed by atoms with Crippen LogP contribution < -0.4 is 5.32 Å². The molecule has 0 saturated heterocycles. The monoisotopic (exact) mass is 356 g/mol. The highest BCUT2D eigenvalue weighted by Gasteiger charge is 2.17. The van der Waals surface area contributed by atoms with Crippen LogP contribution in [0.5, 0.6) is 0 Å². The Balaban J connectivity index is 1.54. The van der Waals surface area contributed by atoms with Gasteiger partial charge in [0.25, 0.3) is 5.22 Å². The summed E-state index contributed by atoms with van der Waals surface area (Å²) in [7, 11) is 0. The maximum atomic E-state index is 12.9. The van der Waals surface area contributed by atoms with Crippen molar-refractivity contribution < 1.29 is 13.6 Å². The number of carbonyl (C=O) groups excluding carboxylic acids is 1. The van der Waals surface area contributed by atoms with Crippen molar-refractivity contribution in [3.8, 4) is 11.3 Å². The summed E-state index contributed by atoms with van der Waals surface area (Å²) in [5.74, 6) is 0.243. The molecule has 25 heavy (non-hydrogen) atoms. The molecule has 4 nitrogen and oxygen atoms in total. The van der Waals surface area contributed by atoms with Gasteiger partial charge in [0.15, 0.2) is 5.76 Å². The second-order valence-corrected chi connectivity index (χ2v) is 6.75. The number of benzene rings is 2. The Kier molecular flexibility index (Phi) is 5.50. The molecule has 0 spiro atoms. The van der Waals surface area contributed by atoms with E-state index in [2.05, 4.69) is 10.3 Å². The predicted octanol–water partition coefficient (Wildman–Crippen LogP) is 4.28. The van der Waals surface area contributed by atoms with Crippen LogP contribution in [0.4, 0.5) is 4.39 Å². The number of carbonyl (C=O) groups is 1. The molecule has 1 atom stereocenters. The number of amides is 1. The van der Waals surface area contributed by atoms with Gasteiger partial charge in [-0.1, -0.05) is 54.2 Å². The molecular formula is C19H17FN2O2S. The molecule has 0 aliphatic carbocycles. The summed E-state index contributed by atoms with van der Waals surface area (Å²) >= 11 is 1.25. The van der Waals surface area contributed by atoms with E-state index < -0.39 is 0 Å². The van der Waals surface area contributed by atoms with E-state index in [9.17, 15) is 9.18 Å². The van der Waals surface area contributed by atoms with Gasteiger partial charge in [-0.2, -0.15) is 0 Å². The van der Waals surface area contributed by atoms with Crippen LogP contribution in [0.3, 0.4) is 0 Å². The molecule has 3 aromatic rings. The van der Waals surface area contributed by atoms with Crippen molar-refractivity contribution in [3.05, 3.63) is 72.2 Å². The number of nitrogens with one attached hydrogen (secondary N) is 1. The minimum atomic E-state index is -0.359. The third kappa shape index (κ3) is 4.70. The molecule has 1 N–H and O–H groups in total. The van der Waals surface area contributed by atoms with E-state index in [1.807, 2.05) is 30.3 Å². The molecule has 3 rings (SSSR count). The summed E-state index contributed by atoms with van der Waals surface area (Å²) in [5.41, 5.74) is 1.78. The van der Waals surface area contributed by atoms with Gasteiger partial charge in [-0.15, -0.1) is 0 Å². The lowest BCUT2D eigenvalue weighted by Crippen LogP contribution is -2.30. The lowest BCUT2D eigenvalue weighted by Gasteiger charge is -2.10. The number of oxazole rings is 1. The molecule has 1 aromatic heterocycles. The van der Waals surface area contributed by atoms with Crippen molar-refractivity contribution in [2.75, 3.05) is 0 Å². The molecule has 0 aliphatic heterocycles. The summed E-state index contributed by atoms with van der Waals surface area (Å²) in [6.45, 7) is 2.14. The minimum absolute atomic E-state index is 0.131. The molecule has 6 heteroatoms. The highest BCUT2D eigenvalue weighted by Crippen LogP contribution is 2.27. The van der Waals surface area contributed by atoms with Crippen LogP contribution in [0.2, 0.25) is 0 Å². The SMILES string of the molecule is C[C@H](Sc1ncc(-c2ccccc2)o1)C(=O)NCc1ccc(F)cc1. The maximum absolute atomic E-state index is 12.9. The topological polar surface area (TPSA) is 55.1 Å². The largest absolute Gasteiger partial charge is 0.431 e. The number of hydrogen-bond acceptors (Lipinski definition) is 4. The Bertz CT molecular complexity index is 834. The van der Waals surface area contributed by atoms with E-state index >= 15 is 0 Å². The van der Waals surface area contributed by atoms with Crippen molar-refractivity contribution in [1.29, 1.82) is 0 Å². The summed E-state index contributed by atoms with van der Waals surface area (Å²) in [4.78, 5) is 16.4. The highest BCUT2D eigenvalue weighted by atomic mass is 32.2. The average Bonchev–Trinajstić information content (AvgIpc) is 3.10. The van der Waals surface area contributed by atoms with Gasteiger partial charge >= 0.3 is 0 Å². The number of aromatic nitrogens is 1.